The Balaban J connectivity index is 1.21. The van der Waals surface area contributed by atoms with Gasteiger partial charge in [0.15, 0.2) is 4.34 Å². The number of thioether (sulfide) groups is 1. The number of nitrogens with zero attached hydrogens (tertiary/aromatic N) is 2. The average molecular weight is 424 g/mol. The normalized spacial score (nSPS) is 10.9. The summed E-state index contributed by atoms with van der Waals surface area (Å²) in [4.78, 5) is 15.4. The van der Waals surface area contributed by atoms with E-state index in [1.165, 1.54) is 39.6 Å². The molecule has 29 heavy (non-hydrogen) atoms. The number of carbonyl (C=O) groups is 1. The second-order valence-corrected chi connectivity index (χ2v) is 8.81. The standard InChI is InChI=1S/C21H21N5OS2/c1-14-6-8-16(9-7-14)24-20-25-26-21(29-20)28-13-19(27)22-11-10-15-12-23-18-5-3-2-4-17(15)18/h2-9,12,23H,10-11,13H2,1H3,(H,22,27)(H,24,25). The molecule has 8 heteroatoms. The van der Waals surface area contributed by atoms with Crippen LogP contribution in [0.25, 0.3) is 10.9 Å². The van der Waals surface area contributed by atoms with Crippen LogP contribution in [0.3, 0.4) is 0 Å². The van der Waals surface area contributed by atoms with E-state index in [-0.39, 0.29) is 5.91 Å². The van der Waals surface area contributed by atoms with Crippen LogP contribution in [0.4, 0.5) is 10.8 Å². The molecule has 0 unspecified atom stereocenters. The highest BCUT2D eigenvalue weighted by molar-refractivity contribution is 8.01. The lowest BCUT2D eigenvalue weighted by molar-refractivity contribution is -0.118. The summed E-state index contributed by atoms with van der Waals surface area (Å²) in [6.07, 6.45) is 2.80. The summed E-state index contributed by atoms with van der Waals surface area (Å²) in [5, 5.41) is 16.4. The second kappa shape index (κ2) is 9.11. The quantitative estimate of drug-likeness (QED) is 0.363. The van der Waals surface area contributed by atoms with Gasteiger partial charge in [0, 0.05) is 29.3 Å². The van der Waals surface area contributed by atoms with Crippen LogP contribution in [0.5, 0.6) is 0 Å². The molecule has 3 N–H and O–H groups in total. The van der Waals surface area contributed by atoms with E-state index in [2.05, 4.69) is 44.9 Å². The summed E-state index contributed by atoms with van der Waals surface area (Å²) in [5.41, 5.74) is 4.51. The molecule has 0 saturated heterocycles. The Labute approximate surface area is 177 Å². The fraction of sp³-hybridized carbons (Fsp3) is 0.190. The molecule has 0 radical (unpaired) electrons. The highest BCUT2D eigenvalue weighted by atomic mass is 32.2. The molecule has 148 valence electrons. The molecule has 0 bridgehead atoms. The van der Waals surface area contributed by atoms with Crippen LogP contribution in [0, 0.1) is 6.92 Å². The summed E-state index contributed by atoms with van der Waals surface area (Å²) >= 11 is 2.84. The molecule has 0 aliphatic rings. The van der Waals surface area contributed by atoms with E-state index in [4.69, 9.17) is 0 Å². The molecule has 0 aliphatic heterocycles. The largest absolute Gasteiger partial charge is 0.361 e. The minimum absolute atomic E-state index is 0.00177. The van der Waals surface area contributed by atoms with Crippen LogP contribution < -0.4 is 10.6 Å². The number of hydrogen-bond acceptors (Lipinski definition) is 6. The first-order valence-corrected chi connectivity index (χ1v) is 11.1. The number of hydrogen-bond donors (Lipinski definition) is 3. The number of aryl methyl sites for hydroxylation is 1. The fourth-order valence-corrected chi connectivity index (χ4v) is 4.53. The molecule has 1 amide bonds. The van der Waals surface area contributed by atoms with Gasteiger partial charge >= 0.3 is 0 Å². The van der Waals surface area contributed by atoms with Crippen LogP contribution in [-0.4, -0.2) is 33.4 Å². The molecular weight excluding hydrogens is 402 g/mol. The van der Waals surface area contributed by atoms with E-state index in [1.807, 2.05) is 42.6 Å². The molecule has 2 aromatic carbocycles. The zero-order valence-electron chi connectivity index (χ0n) is 15.9. The van der Waals surface area contributed by atoms with Gasteiger partial charge in [-0.3, -0.25) is 4.79 Å². The van der Waals surface area contributed by atoms with Crippen molar-refractivity contribution in [3.05, 3.63) is 65.9 Å². The Kier molecular flexibility index (Phi) is 6.12. The van der Waals surface area contributed by atoms with E-state index in [0.717, 1.165) is 27.1 Å². The van der Waals surface area contributed by atoms with Gasteiger partial charge in [-0.05, 0) is 37.1 Å². The number of anilines is 2. The molecule has 0 spiro atoms. The van der Waals surface area contributed by atoms with Crippen molar-refractivity contribution in [2.24, 2.45) is 0 Å². The predicted octanol–water partition coefficient (Wildman–Crippen LogP) is 4.52. The first-order valence-electron chi connectivity index (χ1n) is 9.29. The van der Waals surface area contributed by atoms with Crippen LogP contribution in [0.15, 0.2) is 59.1 Å². The van der Waals surface area contributed by atoms with Crippen LogP contribution in [0.2, 0.25) is 0 Å². The van der Waals surface area contributed by atoms with Gasteiger partial charge in [0.05, 0.1) is 5.75 Å². The maximum atomic E-state index is 12.1. The summed E-state index contributed by atoms with van der Waals surface area (Å²) in [6.45, 7) is 2.66. The van der Waals surface area contributed by atoms with Gasteiger partial charge in [0.25, 0.3) is 0 Å². The fourth-order valence-electron chi connectivity index (χ4n) is 2.93. The van der Waals surface area contributed by atoms with Gasteiger partial charge in [0.2, 0.25) is 11.0 Å². The number of rotatable bonds is 8. The SMILES string of the molecule is Cc1ccc(Nc2nnc(SCC(=O)NCCc3c[nH]c4ccccc34)s2)cc1. The molecule has 0 fully saturated rings. The van der Waals surface area contributed by atoms with Crippen LogP contribution >= 0.6 is 23.1 Å². The van der Waals surface area contributed by atoms with Gasteiger partial charge in [-0.15, -0.1) is 10.2 Å². The maximum Gasteiger partial charge on any atom is 0.230 e. The van der Waals surface area contributed by atoms with Crippen molar-refractivity contribution in [2.45, 2.75) is 17.7 Å². The third-order valence-corrected chi connectivity index (χ3v) is 6.40. The number of nitrogens with one attached hydrogen (secondary N) is 3. The van der Waals surface area contributed by atoms with Crippen molar-refractivity contribution in [1.82, 2.24) is 20.5 Å². The third kappa shape index (κ3) is 5.16. The molecule has 0 atom stereocenters. The Morgan fingerprint density at radius 2 is 1.97 bits per heavy atom. The van der Waals surface area contributed by atoms with Crippen molar-refractivity contribution >= 4 is 50.7 Å². The van der Waals surface area contributed by atoms with E-state index >= 15 is 0 Å². The van der Waals surface area contributed by atoms with Crippen molar-refractivity contribution in [2.75, 3.05) is 17.6 Å². The van der Waals surface area contributed by atoms with E-state index in [9.17, 15) is 4.79 Å². The number of benzene rings is 2. The molecule has 4 aromatic rings. The minimum atomic E-state index is -0.00177. The number of aromatic nitrogens is 3. The van der Waals surface area contributed by atoms with Crippen molar-refractivity contribution < 1.29 is 4.79 Å². The monoisotopic (exact) mass is 423 g/mol. The zero-order valence-corrected chi connectivity index (χ0v) is 17.6. The first kappa shape index (κ1) is 19.5. The lowest BCUT2D eigenvalue weighted by Crippen LogP contribution is -2.27. The van der Waals surface area contributed by atoms with Gasteiger partial charge in [0.1, 0.15) is 0 Å². The molecular formula is C21H21N5OS2. The zero-order chi connectivity index (χ0) is 20.1. The van der Waals surface area contributed by atoms with Gasteiger partial charge in [-0.2, -0.15) is 0 Å². The van der Waals surface area contributed by atoms with E-state index in [0.29, 0.717) is 12.3 Å². The lowest BCUT2D eigenvalue weighted by Gasteiger charge is -2.04. The number of para-hydroxylation sites is 1. The average Bonchev–Trinajstić information content (AvgIpc) is 3.35. The molecule has 2 aromatic heterocycles. The van der Waals surface area contributed by atoms with Crippen molar-refractivity contribution in [3.63, 3.8) is 0 Å². The molecule has 6 nitrogen and oxygen atoms in total. The summed E-state index contributed by atoms with van der Waals surface area (Å²) in [7, 11) is 0. The topological polar surface area (TPSA) is 82.7 Å². The molecule has 2 heterocycles. The smallest absolute Gasteiger partial charge is 0.230 e. The van der Waals surface area contributed by atoms with E-state index < -0.39 is 0 Å². The maximum absolute atomic E-state index is 12.1. The van der Waals surface area contributed by atoms with Gasteiger partial charge in [-0.25, -0.2) is 0 Å². The summed E-state index contributed by atoms with van der Waals surface area (Å²) in [5.74, 6) is 0.325. The summed E-state index contributed by atoms with van der Waals surface area (Å²) < 4.78 is 0.770. The number of carbonyl (C=O) groups excluding carboxylic acids is 1. The Morgan fingerprint density at radius 1 is 1.14 bits per heavy atom. The highest BCUT2D eigenvalue weighted by Crippen LogP contribution is 2.27. The van der Waals surface area contributed by atoms with Crippen LogP contribution in [0.1, 0.15) is 11.1 Å². The number of H-pyrrole nitrogens is 1. The Hall–Kier alpha value is -2.84. The number of fused-ring (bicyclic) bond motifs is 1. The Bertz CT molecular complexity index is 1100. The van der Waals surface area contributed by atoms with E-state index in [1.54, 1.807) is 0 Å². The first-order chi connectivity index (χ1) is 14.2. The summed E-state index contributed by atoms with van der Waals surface area (Å²) in [6, 6.07) is 16.3. The molecule has 0 saturated carbocycles. The molecule has 4 rings (SSSR count). The Morgan fingerprint density at radius 3 is 2.83 bits per heavy atom. The van der Waals surface area contributed by atoms with Gasteiger partial charge < -0.3 is 15.6 Å². The number of amides is 1. The van der Waals surface area contributed by atoms with Crippen molar-refractivity contribution in [1.29, 1.82) is 0 Å². The highest BCUT2D eigenvalue weighted by Gasteiger charge is 2.09. The predicted molar refractivity (Wildman–Crippen MR) is 120 cm³/mol. The van der Waals surface area contributed by atoms with Gasteiger partial charge in [-0.1, -0.05) is 59.0 Å². The van der Waals surface area contributed by atoms with Crippen LogP contribution in [-0.2, 0) is 11.2 Å². The van der Waals surface area contributed by atoms with Crippen molar-refractivity contribution in [3.8, 4) is 0 Å². The third-order valence-electron chi connectivity index (χ3n) is 4.43. The second-order valence-electron chi connectivity index (χ2n) is 6.61. The lowest BCUT2D eigenvalue weighted by atomic mass is 10.1. The minimum Gasteiger partial charge on any atom is -0.361 e. The molecule has 0 aliphatic carbocycles. The number of aromatic amines is 1.